The molecule has 2 N–H and O–H groups in total. The minimum Gasteiger partial charge on any atom is -0.390 e. The summed E-state index contributed by atoms with van der Waals surface area (Å²) in [5.41, 5.74) is 0. The molecule has 0 saturated heterocycles. The van der Waals surface area contributed by atoms with Gasteiger partial charge in [0, 0.05) is 30.6 Å². The lowest BCUT2D eigenvalue weighted by atomic mass is 10.3. The van der Waals surface area contributed by atoms with Crippen molar-refractivity contribution < 1.29 is 5.11 Å². The maximum Gasteiger partial charge on any atom is 0.0791 e. The van der Waals surface area contributed by atoms with E-state index >= 15 is 0 Å². The lowest BCUT2D eigenvalue weighted by molar-refractivity contribution is 0.120. The maximum absolute atomic E-state index is 9.80. The van der Waals surface area contributed by atoms with E-state index < -0.39 is 0 Å². The summed E-state index contributed by atoms with van der Waals surface area (Å²) in [5.74, 6) is 0. The first kappa shape index (κ1) is 13.6. The molecule has 1 aromatic heterocycles. The highest BCUT2D eigenvalue weighted by molar-refractivity contribution is 7.09. The van der Waals surface area contributed by atoms with E-state index in [0.29, 0.717) is 19.1 Å². The summed E-state index contributed by atoms with van der Waals surface area (Å²) in [6, 6.07) is 4.61. The van der Waals surface area contributed by atoms with Crippen LogP contribution >= 0.6 is 11.3 Å². The van der Waals surface area contributed by atoms with E-state index in [1.54, 1.807) is 11.3 Å². The van der Waals surface area contributed by atoms with Gasteiger partial charge in [-0.2, -0.15) is 0 Å². The number of hydrogen-bond acceptors (Lipinski definition) is 4. The molecule has 0 fully saturated rings. The smallest absolute Gasteiger partial charge is 0.0791 e. The summed E-state index contributed by atoms with van der Waals surface area (Å²) < 4.78 is 0. The highest BCUT2D eigenvalue weighted by atomic mass is 32.1. The largest absolute Gasteiger partial charge is 0.390 e. The molecule has 0 aromatic carbocycles. The van der Waals surface area contributed by atoms with Crippen LogP contribution in [0.25, 0.3) is 0 Å². The van der Waals surface area contributed by atoms with Crippen LogP contribution in [0.4, 0.5) is 0 Å². The van der Waals surface area contributed by atoms with Crippen molar-refractivity contribution in [2.45, 2.75) is 32.5 Å². The van der Waals surface area contributed by atoms with Gasteiger partial charge in [0.2, 0.25) is 0 Å². The third-order valence-corrected chi connectivity index (χ3v) is 3.15. The molecule has 92 valence electrons. The molecule has 1 unspecified atom stereocenters. The predicted octanol–water partition coefficient (Wildman–Crippen LogP) is 1.54. The Morgan fingerprint density at radius 2 is 2.25 bits per heavy atom. The van der Waals surface area contributed by atoms with E-state index in [0.717, 1.165) is 6.54 Å². The Labute approximate surface area is 102 Å². The van der Waals surface area contributed by atoms with Crippen LogP contribution in [0.2, 0.25) is 0 Å². The minimum absolute atomic E-state index is 0.299. The van der Waals surface area contributed by atoms with Crippen LogP contribution in [0, 0.1) is 0 Å². The molecule has 16 heavy (non-hydrogen) atoms. The molecule has 4 heteroatoms. The number of rotatable bonds is 7. The van der Waals surface area contributed by atoms with Gasteiger partial charge in [0.25, 0.3) is 0 Å². The van der Waals surface area contributed by atoms with Gasteiger partial charge in [-0.05, 0) is 18.5 Å². The van der Waals surface area contributed by atoms with E-state index in [1.165, 1.54) is 4.88 Å². The molecular formula is C12H22N2OS. The van der Waals surface area contributed by atoms with Gasteiger partial charge in [-0.3, -0.25) is 4.90 Å². The predicted molar refractivity (Wildman–Crippen MR) is 69.8 cm³/mol. The van der Waals surface area contributed by atoms with Gasteiger partial charge in [0.15, 0.2) is 0 Å². The van der Waals surface area contributed by atoms with E-state index in [2.05, 4.69) is 41.6 Å². The normalized spacial score (nSPS) is 13.6. The summed E-state index contributed by atoms with van der Waals surface area (Å²) >= 11 is 1.76. The zero-order valence-electron chi connectivity index (χ0n) is 10.3. The summed E-state index contributed by atoms with van der Waals surface area (Å²) in [6.07, 6.45) is -0.299. The first-order chi connectivity index (χ1) is 7.58. The summed E-state index contributed by atoms with van der Waals surface area (Å²) in [5, 5.41) is 15.1. The fraction of sp³-hybridized carbons (Fsp3) is 0.667. The molecular weight excluding hydrogens is 220 g/mol. The SMILES string of the molecule is CC(C)NCC(O)CN(C)Cc1cccs1. The first-order valence-electron chi connectivity index (χ1n) is 5.70. The molecule has 0 bridgehead atoms. The first-order valence-corrected chi connectivity index (χ1v) is 6.58. The Morgan fingerprint density at radius 3 is 2.81 bits per heavy atom. The Bertz CT molecular complexity index is 275. The lowest BCUT2D eigenvalue weighted by Crippen LogP contribution is -2.38. The number of hydrogen-bond donors (Lipinski definition) is 2. The van der Waals surface area contributed by atoms with Crippen molar-refractivity contribution in [2.75, 3.05) is 20.1 Å². The van der Waals surface area contributed by atoms with Gasteiger partial charge in [0.1, 0.15) is 0 Å². The Kier molecular flexibility index (Phi) is 5.98. The van der Waals surface area contributed by atoms with Gasteiger partial charge in [-0.1, -0.05) is 19.9 Å². The van der Waals surface area contributed by atoms with Crippen molar-refractivity contribution in [2.24, 2.45) is 0 Å². The van der Waals surface area contributed by atoms with Crippen LogP contribution in [-0.4, -0.2) is 42.3 Å². The molecule has 1 heterocycles. The van der Waals surface area contributed by atoms with Crippen LogP contribution in [-0.2, 0) is 6.54 Å². The van der Waals surface area contributed by atoms with E-state index in [-0.39, 0.29) is 6.10 Å². The second-order valence-electron chi connectivity index (χ2n) is 4.49. The number of nitrogens with zero attached hydrogens (tertiary/aromatic N) is 1. The number of thiophene rings is 1. The van der Waals surface area contributed by atoms with Gasteiger partial charge in [-0.15, -0.1) is 11.3 Å². The number of aliphatic hydroxyl groups is 1. The molecule has 3 nitrogen and oxygen atoms in total. The van der Waals surface area contributed by atoms with Gasteiger partial charge in [-0.25, -0.2) is 0 Å². The maximum atomic E-state index is 9.80. The average Bonchev–Trinajstić information content (AvgIpc) is 2.67. The van der Waals surface area contributed by atoms with Crippen LogP contribution in [0.15, 0.2) is 17.5 Å². The van der Waals surface area contributed by atoms with Crippen LogP contribution in [0.1, 0.15) is 18.7 Å². The Balaban J connectivity index is 2.20. The molecule has 1 atom stereocenters. The standard InChI is InChI=1S/C12H22N2OS/c1-10(2)13-7-11(15)8-14(3)9-12-5-4-6-16-12/h4-6,10-11,13,15H,7-9H2,1-3H3. The monoisotopic (exact) mass is 242 g/mol. The molecule has 0 saturated carbocycles. The number of aliphatic hydroxyl groups excluding tert-OH is 1. The van der Waals surface area contributed by atoms with E-state index in [9.17, 15) is 5.11 Å². The second kappa shape index (κ2) is 7.01. The Morgan fingerprint density at radius 1 is 1.50 bits per heavy atom. The highest BCUT2D eigenvalue weighted by Gasteiger charge is 2.09. The molecule has 1 aromatic rings. The van der Waals surface area contributed by atoms with Gasteiger partial charge in [0.05, 0.1) is 6.10 Å². The summed E-state index contributed by atoms with van der Waals surface area (Å²) in [4.78, 5) is 3.49. The summed E-state index contributed by atoms with van der Waals surface area (Å²) in [7, 11) is 2.04. The third kappa shape index (κ3) is 5.61. The van der Waals surface area contributed by atoms with Crippen LogP contribution < -0.4 is 5.32 Å². The van der Waals surface area contributed by atoms with Crippen molar-refractivity contribution in [3.05, 3.63) is 22.4 Å². The average molecular weight is 242 g/mol. The molecule has 0 radical (unpaired) electrons. The lowest BCUT2D eigenvalue weighted by Gasteiger charge is -2.21. The molecule has 0 spiro atoms. The summed E-state index contributed by atoms with van der Waals surface area (Å²) in [6.45, 7) is 6.45. The fourth-order valence-electron chi connectivity index (χ4n) is 1.53. The molecule has 1 rings (SSSR count). The van der Waals surface area contributed by atoms with Crippen LogP contribution in [0.5, 0.6) is 0 Å². The highest BCUT2D eigenvalue weighted by Crippen LogP contribution is 2.10. The van der Waals surface area contributed by atoms with E-state index in [4.69, 9.17) is 0 Å². The number of nitrogens with one attached hydrogen (secondary N) is 1. The van der Waals surface area contributed by atoms with E-state index in [1.807, 2.05) is 7.05 Å². The molecule has 0 aliphatic heterocycles. The van der Waals surface area contributed by atoms with Gasteiger partial charge >= 0.3 is 0 Å². The van der Waals surface area contributed by atoms with Crippen molar-refractivity contribution in [3.63, 3.8) is 0 Å². The van der Waals surface area contributed by atoms with Crippen molar-refractivity contribution >= 4 is 11.3 Å². The van der Waals surface area contributed by atoms with Crippen molar-refractivity contribution in [3.8, 4) is 0 Å². The quantitative estimate of drug-likeness (QED) is 0.761. The Hall–Kier alpha value is -0.420. The molecule has 0 amide bonds. The topological polar surface area (TPSA) is 35.5 Å². The number of likely N-dealkylation sites (N-methyl/N-ethyl adjacent to an activating group) is 1. The zero-order chi connectivity index (χ0) is 12.0. The van der Waals surface area contributed by atoms with Gasteiger partial charge < -0.3 is 10.4 Å². The van der Waals surface area contributed by atoms with Crippen molar-refractivity contribution in [1.82, 2.24) is 10.2 Å². The molecule has 0 aliphatic carbocycles. The van der Waals surface area contributed by atoms with Crippen molar-refractivity contribution in [1.29, 1.82) is 0 Å². The molecule has 0 aliphatic rings. The fourth-order valence-corrected chi connectivity index (χ4v) is 2.31. The third-order valence-electron chi connectivity index (χ3n) is 2.29. The zero-order valence-corrected chi connectivity index (χ0v) is 11.1. The minimum atomic E-state index is -0.299. The van der Waals surface area contributed by atoms with Crippen LogP contribution in [0.3, 0.4) is 0 Å². The second-order valence-corrected chi connectivity index (χ2v) is 5.53.